The van der Waals surface area contributed by atoms with Gasteiger partial charge in [-0.25, -0.2) is 4.79 Å². The van der Waals surface area contributed by atoms with Crippen molar-refractivity contribution in [1.82, 2.24) is 0 Å². The van der Waals surface area contributed by atoms with Gasteiger partial charge in [-0.3, -0.25) is 0 Å². The van der Waals surface area contributed by atoms with Crippen LogP contribution in [0.4, 0.5) is 10.7 Å². The van der Waals surface area contributed by atoms with Crippen molar-refractivity contribution in [3.63, 3.8) is 0 Å². The molecule has 0 unspecified atom stereocenters. The molecule has 6 heteroatoms. The van der Waals surface area contributed by atoms with Gasteiger partial charge in [0, 0.05) is 22.2 Å². The van der Waals surface area contributed by atoms with Gasteiger partial charge < -0.3 is 10.0 Å². The monoisotopic (exact) mass is 311 g/mol. The highest BCUT2D eigenvalue weighted by atomic mass is 35.5. The van der Waals surface area contributed by atoms with Gasteiger partial charge in [0.05, 0.1) is 10.7 Å². The summed E-state index contributed by atoms with van der Waals surface area (Å²) >= 11 is 9.15. The Morgan fingerprint density at radius 2 is 2.16 bits per heavy atom. The molecule has 98 valence electrons. The predicted octanol–water partition coefficient (Wildman–Crippen LogP) is 4.34. The summed E-state index contributed by atoms with van der Waals surface area (Å²) in [7, 11) is 0. The molecule has 19 heavy (non-hydrogen) atoms. The SMILES string of the molecule is O=C(O)c1ccc(N2CCSc3ccc(Cl)cc32)s1. The second-order valence-electron chi connectivity index (χ2n) is 4.06. The number of rotatable bonds is 2. The summed E-state index contributed by atoms with van der Waals surface area (Å²) in [6, 6.07) is 9.33. The maximum atomic E-state index is 11.0. The van der Waals surface area contributed by atoms with Crippen LogP contribution < -0.4 is 4.90 Å². The van der Waals surface area contributed by atoms with Gasteiger partial charge in [-0.2, -0.15) is 0 Å². The number of thiophene rings is 1. The van der Waals surface area contributed by atoms with E-state index >= 15 is 0 Å². The van der Waals surface area contributed by atoms with Crippen LogP contribution in [0.15, 0.2) is 35.2 Å². The molecular formula is C13H10ClNO2S2. The normalized spacial score (nSPS) is 14.3. The third-order valence-corrected chi connectivity index (χ3v) is 5.23. The van der Waals surface area contributed by atoms with Gasteiger partial charge in [-0.1, -0.05) is 11.6 Å². The molecule has 0 saturated carbocycles. The molecule has 0 bridgehead atoms. The first-order valence-corrected chi connectivity index (χ1v) is 7.86. The van der Waals surface area contributed by atoms with E-state index in [-0.39, 0.29) is 0 Å². The summed E-state index contributed by atoms with van der Waals surface area (Å²) < 4.78 is 0. The molecule has 0 spiro atoms. The summed E-state index contributed by atoms with van der Waals surface area (Å²) in [5, 5.41) is 10.6. The molecule has 3 rings (SSSR count). The quantitative estimate of drug-likeness (QED) is 0.895. The summed E-state index contributed by atoms with van der Waals surface area (Å²) in [4.78, 5) is 14.6. The Morgan fingerprint density at radius 3 is 2.89 bits per heavy atom. The van der Waals surface area contributed by atoms with Crippen LogP contribution >= 0.6 is 34.7 Å². The number of carboxylic acid groups (broad SMARTS) is 1. The molecule has 0 amide bonds. The minimum Gasteiger partial charge on any atom is -0.477 e. The van der Waals surface area contributed by atoms with Gasteiger partial charge in [0.2, 0.25) is 0 Å². The van der Waals surface area contributed by atoms with Crippen molar-refractivity contribution in [2.24, 2.45) is 0 Å². The Kier molecular flexibility index (Phi) is 3.43. The van der Waals surface area contributed by atoms with Crippen LogP contribution in [-0.4, -0.2) is 23.4 Å². The molecular weight excluding hydrogens is 302 g/mol. The topological polar surface area (TPSA) is 40.5 Å². The molecule has 0 saturated heterocycles. The molecule has 1 N–H and O–H groups in total. The summed E-state index contributed by atoms with van der Waals surface area (Å²) in [5.74, 6) is 0.100. The van der Waals surface area contributed by atoms with E-state index < -0.39 is 5.97 Å². The zero-order chi connectivity index (χ0) is 13.4. The molecule has 1 aromatic carbocycles. The number of benzene rings is 1. The fourth-order valence-electron chi connectivity index (χ4n) is 2.01. The maximum Gasteiger partial charge on any atom is 0.345 e. The smallest absolute Gasteiger partial charge is 0.345 e. The van der Waals surface area contributed by atoms with Crippen LogP contribution in [0.2, 0.25) is 5.02 Å². The zero-order valence-electron chi connectivity index (χ0n) is 9.80. The summed E-state index contributed by atoms with van der Waals surface area (Å²) in [5.41, 5.74) is 1.06. The van der Waals surface area contributed by atoms with Crippen molar-refractivity contribution < 1.29 is 9.90 Å². The van der Waals surface area contributed by atoms with E-state index in [1.54, 1.807) is 17.8 Å². The number of aromatic carboxylic acids is 1. The number of hydrogen-bond acceptors (Lipinski definition) is 4. The number of carboxylic acids is 1. The van der Waals surface area contributed by atoms with Crippen molar-refractivity contribution >= 4 is 51.4 Å². The summed E-state index contributed by atoms with van der Waals surface area (Å²) in [6.07, 6.45) is 0. The molecule has 0 aliphatic carbocycles. The lowest BCUT2D eigenvalue weighted by Crippen LogP contribution is -2.23. The van der Waals surface area contributed by atoms with Crippen molar-refractivity contribution in [2.45, 2.75) is 4.90 Å². The Labute approximate surface area is 123 Å². The van der Waals surface area contributed by atoms with Crippen LogP contribution in [0.1, 0.15) is 9.67 Å². The maximum absolute atomic E-state index is 11.0. The van der Waals surface area contributed by atoms with E-state index in [0.29, 0.717) is 9.90 Å². The van der Waals surface area contributed by atoms with E-state index in [1.807, 2.05) is 24.3 Å². The largest absolute Gasteiger partial charge is 0.477 e. The van der Waals surface area contributed by atoms with Gasteiger partial charge in [0.25, 0.3) is 0 Å². The van der Waals surface area contributed by atoms with Crippen molar-refractivity contribution in [3.05, 3.63) is 40.2 Å². The van der Waals surface area contributed by atoms with Gasteiger partial charge in [-0.15, -0.1) is 23.1 Å². The molecule has 1 aliphatic rings. The van der Waals surface area contributed by atoms with Gasteiger partial charge in [0.15, 0.2) is 0 Å². The lowest BCUT2D eigenvalue weighted by Gasteiger charge is -2.29. The van der Waals surface area contributed by atoms with E-state index in [4.69, 9.17) is 16.7 Å². The molecule has 2 heterocycles. The van der Waals surface area contributed by atoms with E-state index in [9.17, 15) is 4.79 Å². The van der Waals surface area contributed by atoms with E-state index in [0.717, 1.165) is 23.0 Å². The van der Waals surface area contributed by atoms with Crippen LogP contribution in [-0.2, 0) is 0 Å². The first kappa shape index (κ1) is 12.8. The lowest BCUT2D eigenvalue weighted by molar-refractivity contribution is 0.0702. The first-order chi connectivity index (χ1) is 9.15. The van der Waals surface area contributed by atoms with Gasteiger partial charge in [0.1, 0.15) is 4.88 Å². The highest BCUT2D eigenvalue weighted by Crippen LogP contribution is 2.42. The number of nitrogens with zero attached hydrogens (tertiary/aromatic N) is 1. The van der Waals surface area contributed by atoms with E-state index in [2.05, 4.69) is 4.90 Å². The molecule has 1 aromatic heterocycles. The number of hydrogen-bond donors (Lipinski definition) is 1. The van der Waals surface area contributed by atoms with Crippen LogP contribution in [0.3, 0.4) is 0 Å². The van der Waals surface area contributed by atoms with E-state index in [1.165, 1.54) is 16.2 Å². The Hall–Kier alpha value is -1.17. The number of fused-ring (bicyclic) bond motifs is 1. The highest BCUT2D eigenvalue weighted by Gasteiger charge is 2.21. The summed E-state index contributed by atoms with van der Waals surface area (Å²) in [6.45, 7) is 0.859. The average Bonchev–Trinajstić information content (AvgIpc) is 2.87. The molecule has 3 nitrogen and oxygen atoms in total. The molecule has 0 radical (unpaired) electrons. The third-order valence-electron chi connectivity index (χ3n) is 2.85. The van der Waals surface area contributed by atoms with Crippen LogP contribution in [0, 0.1) is 0 Å². The average molecular weight is 312 g/mol. The fraction of sp³-hybridized carbons (Fsp3) is 0.154. The number of anilines is 2. The number of halogens is 1. The highest BCUT2D eigenvalue weighted by molar-refractivity contribution is 7.99. The molecule has 0 atom stereocenters. The van der Waals surface area contributed by atoms with Gasteiger partial charge >= 0.3 is 5.97 Å². The van der Waals surface area contributed by atoms with Crippen molar-refractivity contribution in [3.8, 4) is 0 Å². The second-order valence-corrected chi connectivity index (χ2v) is 6.69. The van der Waals surface area contributed by atoms with Crippen molar-refractivity contribution in [2.75, 3.05) is 17.2 Å². The van der Waals surface area contributed by atoms with Gasteiger partial charge in [-0.05, 0) is 30.3 Å². The Balaban J connectivity index is 2.02. The lowest BCUT2D eigenvalue weighted by atomic mass is 10.3. The standard InChI is InChI=1S/C13H10ClNO2S2/c14-8-1-2-10-9(7-8)15(5-6-18-10)12-4-3-11(19-12)13(16)17/h1-4,7H,5-6H2,(H,16,17). The van der Waals surface area contributed by atoms with Crippen LogP contribution in [0.5, 0.6) is 0 Å². The Morgan fingerprint density at radius 1 is 1.32 bits per heavy atom. The van der Waals surface area contributed by atoms with Crippen molar-refractivity contribution in [1.29, 1.82) is 0 Å². The third kappa shape index (κ3) is 2.45. The molecule has 2 aromatic rings. The molecule has 0 fully saturated rings. The fourth-order valence-corrected chi connectivity index (χ4v) is 4.03. The molecule has 1 aliphatic heterocycles. The second kappa shape index (κ2) is 5.07. The zero-order valence-corrected chi connectivity index (χ0v) is 12.2. The number of carbonyl (C=O) groups is 1. The minimum absolute atomic E-state index is 0.358. The minimum atomic E-state index is -0.881. The van der Waals surface area contributed by atoms with Crippen LogP contribution in [0.25, 0.3) is 0 Å². The first-order valence-electron chi connectivity index (χ1n) is 5.68. The Bertz CT molecular complexity index is 641. The number of thioether (sulfide) groups is 1. The predicted molar refractivity (Wildman–Crippen MR) is 80.5 cm³/mol.